The average Bonchev–Trinajstić information content (AvgIpc) is 3.41. The Morgan fingerprint density at radius 3 is 2.06 bits per heavy atom. The molecular weight excluding hydrogens is 811 g/mol. The number of benzene rings is 3. The molecule has 0 fully saturated rings. The van der Waals surface area contributed by atoms with Crippen LogP contribution < -0.4 is 5.19 Å². The first kappa shape index (κ1) is 41.1. The van der Waals surface area contributed by atoms with Crippen LogP contribution in [0.2, 0.25) is 19.6 Å². The van der Waals surface area contributed by atoms with Gasteiger partial charge in [-0.05, 0) is 44.1 Å². The van der Waals surface area contributed by atoms with E-state index in [1.807, 2.05) is 33.9 Å². The van der Waals surface area contributed by atoms with Gasteiger partial charge in [0.05, 0.1) is 13.8 Å². The Morgan fingerprint density at radius 1 is 0.900 bits per heavy atom. The minimum Gasteiger partial charge on any atom is -0.512 e. The molecule has 1 N–H and O–H groups in total. The van der Waals surface area contributed by atoms with Gasteiger partial charge in [0.2, 0.25) is 0 Å². The normalized spacial score (nSPS) is 12.3. The minimum absolute atomic E-state index is 0. The molecule has 3 aromatic carbocycles. The fourth-order valence-corrected chi connectivity index (χ4v) is 7.66. The summed E-state index contributed by atoms with van der Waals surface area (Å²) in [6.07, 6.45) is 6.79. The van der Waals surface area contributed by atoms with E-state index in [-0.39, 0.29) is 48.9 Å². The zero-order chi connectivity index (χ0) is 36.1. The number of aryl methyl sites for hydroxylation is 1. The number of ketones is 1. The molecule has 0 aliphatic heterocycles. The molecule has 2 heterocycles. The van der Waals surface area contributed by atoms with Crippen LogP contribution in [0.25, 0.3) is 44.3 Å². The third-order valence-electron chi connectivity index (χ3n) is 9.79. The van der Waals surface area contributed by atoms with Gasteiger partial charge in [0.15, 0.2) is 5.78 Å². The van der Waals surface area contributed by atoms with Crippen molar-refractivity contribution in [3.63, 3.8) is 0 Å². The quantitative estimate of drug-likeness (QED) is 0.0657. The van der Waals surface area contributed by atoms with Gasteiger partial charge in [-0.15, -0.1) is 29.1 Å². The van der Waals surface area contributed by atoms with Crippen LogP contribution in [0.1, 0.15) is 85.3 Å². The molecule has 50 heavy (non-hydrogen) atoms. The molecule has 4 nitrogen and oxygen atoms in total. The number of pyridine rings is 1. The van der Waals surface area contributed by atoms with Crippen LogP contribution in [0.5, 0.6) is 0 Å². The topological polar surface area (TPSA) is 63.3 Å². The number of rotatable bonds is 10. The SMILES string of the molecule is CCC(CC)C(=O)/C=C(\O)C(CC)CC.Cc1c(-c2ccc([Si](C)(C)C)cc2)oc2c(-c3[c-]c4ccccc4c(C(C)(C)C)c3)nccc12.[Ir]. The number of hydrogen-bond acceptors (Lipinski definition) is 4. The van der Waals surface area contributed by atoms with Gasteiger partial charge in [-0.1, -0.05) is 127 Å². The van der Waals surface area contributed by atoms with Crippen molar-refractivity contribution in [1.82, 2.24) is 4.98 Å². The zero-order valence-electron chi connectivity index (χ0n) is 32.0. The number of allylic oxidation sites excluding steroid dienone is 2. The number of furan rings is 1. The Balaban J connectivity index is 0.000000361. The van der Waals surface area contributed by atoms with E-state index in [2.05, 4.69) is 114 Å². The Kier molecular flexibility index (Phi) is 14.2. The molecule has 6 heteroatoms. The first-order valence-electron chi connectivity index (χ1n) is 18.0. The number of hydrogen-bond donors (Lipinski definition) is 1. The summed E-state index contributed by atoms with van der Waals surface area (Å²) >= 11 is 0. The fraction of sp³-hybridized carbons (Fsp3) is 0.409. The molecule has 2 aromatic heterocycles. The molecule has 0 aliphatic carbocycles. The monoisotopic (exact) mass is 867 g/mol. The number of nitrogens with zero attached hydrogens (tertiary/aromatic N) is 1. The summed E-state index contributed by atoms with van der Waals surface area (Å²) in [5.74, 6) is 1.47. The van der Waals surface area contributed by atoms with Gasteiger partial charge < -0.3 is 9.52 Å². The van der Waals surface area contributed by atoms with Crippen molar-refractivity contribution < 1.29 is 34.4 Å². The van der Waals surface area contributed by atoms with Gasteiger partial charge in [0.1, 0.15) is 11.3 Å². The number of fused-ring (bicyclic) bond motifs is 2. The van der Waals surface area contributed by atoms with E-state index in [0.717, 1.165) is 70.2 Å². The number of aliphatic hydroxyl groups is 1. The molecule has 0 aliphatic rings. The Hall–Kier alpha value is -3.31. The van der Waals surface area contributed by atoms with E-state index in [4.69, 9.17) is 9.40 Å². The Labute approximate surface area is 315 Å². The maximum Gasteiger partial charge on any atom is 0.162 e. The standard InChI is InChI=1S/C31H32NOSi.C13H24O2.Ir/c1-20-25-16-17-32-28(23-18-22-10-8-9-11-26(22)27(19-23)31(2,3)4)30(25)33-29(20)21-12-14-24(15-13-21)34(5,6)7;1-5-10(6-2)12(14)9-13(15)11(7-3)8-4;/h8-17,19H,1-7H3;9-11,14H,5-8H2,1-4H3;/q-1;;/b;12-9-;. The molecule has 0 unspecified atom stereocenters. The summed E-state index contributed by atoms with van der Waals surface area (Å²) in [5.41, 5.74) is 6.21. The van der Waals surface area contributed by atoms with Crippen LogP contribution in [-0.2, 0) is 30.3 Å². The second kappa shape index (κ2) is 17.3. The molecule has 0 atom stereocenters. The molecule has 0 saturated carbocycles. The van der Waals surface area contributed by atoms with E-state index in [9.17, 15) is 9.90 Å². The average molecular weight is 867 g/mol. The second-order valence-corrected chi connectivity index (χ2v) is 20.4. The van der Waals surface area contributed by atoms with E-state index >= 15 is 0 Å². The molecule has 269 valence electrons. The third-order valence-corrected chi connectivity index (χ3v) is 11.9. The number of carbonyl (C=O) groups excluding carboxylic acids is 1. The van der Waals surface area contributed by atoms with Gasteiger partial charge in [-0.3, -0.25) is 9.78 Å². The smallest absolute Gasteiger partial charge is 0.162 e. The molecule has 0 amide bonds. The van der Waals surface area contributed by atoms with Gasteiger partial charge in [0, 0.05) is 66.4 Å². The largest absolute Gasteiger partial charge is 0.512 e. The van der Waals surface area contributed by atoms with Gasteiger partial charge in [-0.2, -0.15) is 0 Å². The summed E-state index contributed by atoms with van der Waals surface area (Å²) in [4.78, 5) is 16.5. The van der Waals surface area contributed by atoms with Crippen molar-refractivity contribution in [1.29, 1.82) is 0 Å². The van der Waals surface area contributed by atoms with E-state index in [1.165, 1.54) is 22.2 Å². The Bertz CT molecular complexity index is 1920. The van der Waals surface area contributed by atoms with Crippen LogP contribution in [0, 0.1) is 24.8 Å². The van der Waals surface area contributed by atoms with Crippen molar-refractivity contribution in [2.75, 3.05) is 0 Å². The van der Waals surface area contributed by atoms with Crippen molar-refractivity contribution in [2.45, 2.75) is 106 Å². The van der Waals surface area contributed by atoms with Gasteiger partial charge >= 0.3 is 0 Å². The first-order valence-corrected chi connectivity index (χ1v) is 21.5. The molecule has 0 saturated heterocycles. The number of aromatic nitrogens is 1. The fourth-order valence-electron chi connectivity index (χ4n) is 6.49. The van der Waals surface area contributed by atoms with Crippen LogP contribution in [0.4, 0.5) is 0 Å². The number of carbonyl (C=O) groups is 1. The Morgan fingerprint density at radius 2 is 1.50 bits per heavy atom. The predicted octanol–water partition coefficient (Wildman–Crippen LogP) is 12.1. The maximum absolute atomic E-state index is 11.7. The molecule has 1 radical (unpaired) electrons. The van der Waals surface area contributed by atoms with Crippen molar-refractivity contribution in [2.24, 2.45) is 11.8 Å². The van der Waals surface area contributed by atoms with E-state index < -0.39 is 8.07 Å². The molecular formula is C44H56IrNO3Si-. The maximum atomic E-state index is 11.7. The minimum atomic E-state index is -1.34. The van der Waals surface area contributed by atoms with Crippen LogP contribution in [0.15, 0.2) is 83.1 Å². The van der Waals surface area contributed by atoms with Crippen molar-refractivity contribution in [3.05, 3.63) is 95.9 Å². The van der Waals surface area contributed by atoms with E-state index in [0.29, 0.717) is 0 Å². The zero-order valence-corrected chi connectivity index (χ0v) is 35.4. The van der Waals surface area contributed by atoms with Gasteiger partial charge in [-0.25, -0.2) is 0 Å². The molecule has 0 spiro atoms. The summed E-state index contributed by atoms with van der Waals surface area (Å²) in [7, 11) is -1.34. The summed E-state index contributed by atoms with van der Waals surface area (Å²) < 4.78 is 6.56. The van der Waals surface area contributed by atoms with Gasteiger partial charge in [0.25, 0.3) is 0 Å². The van der Waals surface area contributed by atoms with E-state index in [1.54, 1.807) is 0 Å². The van der Waals surface area contributed by atoms with Crippen molar-refractivity contribution >= 4 is 40.8 Å². The summed E-state index contributed by atoms with van der Waals surface area (Å²) in [5, 5.41) is 14.7. The molecule has 5 rings (SSSR count). The second-order valence-electron chi connectivity index (χ2n) is 15.3. The number of aliphatic hydroxyl groups excluding tert-OH is 1. The molecule has 0 bridgehead atoms. The van der Waals surface area contributed by atoms with Crippen molar-refractivity contribution in [3.8, 4) is 22.6 Å². The van der Waals surface area contributed by atoms with Crippen LogP contribution >= 0.6 is 0 Å². The third kappa shape index (κ3) is 9.31. The summed E-state index contributed by atoms with van der Waals surface area (Å²) in [6.45, 7) is 24.1. The first-order chi connectivity index (χ1) is 23.1. The molecule has 5 aromatic rings. The van der Waals surface area contributed by atoms with Crippen LogP contribution in [0.3, 0.4) is 0 Å². The van der Waals surface area contributed by atoms with Crippen LogP contribution in [-0.4, -0.2) is 23.9 Å². The predicted molar refractivity (Wildman–Crippen MR) is 212 cm³/mol. The summed E-state index contributed by atoms with van der Waals surface area (Å²) in [6, 6.07) is 25.3.